The first-order valence-corrected chi connectivity index (χ1v) is 10.5. The molecule has 0 aliphatic rings. The fourth-order valence-corrected chi connectivity index (χ4v) is 3.55. The van der Waals surface area contributed by atoms with E-state index in [0.29, 0.717) is 23.5 Å². The topological polar surface area (TPSA) is 86.9 Å². The second kappa shape index (κ2) is 9.13. The fourth-order valence-electron chi connectivity index (χ4n) is 2.84. The summed E-state index contributed by atoms with van der Waals surface area (Å²) in [6, 6.07) is 5.87. The molecule has 2 heterocycles. The molecule has 2 aromatic heterocycles. The van der Waals surface area contributed by atoms with Gasteiger partial charge in [-0.15, -0.1) is 15.3 Å². The number of hydrogen-bond acceptors (Lipinski definition) is 6. The van der Waals surface area contributed by atoms with Crippen molar-refractivity contribution in [1.82, 2.24) is 24.5 Å². The van der Waals surface area contributed by atoms with Crippen LogP contribution >= 0.6 is 11.8 Å². The molecule has 0 saturated carbocycles. The SMILES string of the molecule is CCOc1nn(CC)cc1-c1nnc(SCC(=O)Nc2cccc(C)c2C)n1C. The monoisotopic (exact) mass is 414 g/mol. The van der Waals surface area contributed by atoms with Crippen molar-refractivity contribution in [3.63, 3.8) is 0 Å². The maximum Gasteiger partial charge on any atom is 0.243 e. The average molecular weight is 415 g/mol. The number of nitrogens with zero attached hydrogens (tertiary/aromatic N) is 5. The summed E-state index contributed by atoms with van der Waals surface area (Å²) in [5.41, 5.74) is 3.84. The lowest BCUT2D eigenvalue weighted by atomic mass is 10.1. The molecule has 1 aromatic carbocycles. The molecule has 1 amide bonds. The van der Waals surface area contributed by atoms with E-state index < -0.39 is 0 Å². The van der Waals surface area contributed by atoms with Crippen molar-refractivity contribution in [2.45, 2.75) is 39.4 Å². The van der Waals surface area contributed by atoms with E-state index in [0.717, 1.165) is 28.9 Å². The van der Waals surface area contributed by atoms with Gasteiger partial charge in [0.1, 0.15) is 5.56 Å². The Labute approximate surface area is 174 Å². The number of carbonyl (C=O) groups is 1. The van der Waals surface area contributed by atoms with Crippen LogP contribution in [0.15, 0.2) is 29.6 Å². The summed E-state index contributed by atoms with van der Waals surface area (Å²) in [5.74, 6) is 1.35. The lowest BCUT2D eigenvalue weighted by molar-refractivity contribution is -0.113. The predicted octanol–water partition coefficient (Wildman–Crippen LogP) is 3.44. The van der Waals surface area contributed by atoms with Gasteiger partial charge in [0.05, 0.1) is 12.4 Å². The molecule has 9 heteroatoms. The minimum Gasteiger partial charge on any atom is -0.476 e. The maximum absolute atomic E-state index is 12.4. The number of aromatic nitrogens is 5. The second-order valence-electron chi connectivity index (χ2n) is 6.59. The Bertz CT molecular complexity index is 1010. The predicted molar refractivity (Wildman–Crippen MR) is 114 cm³/mol. The highest BCUT2D eigenvalue weighted by Crippen LogP contribution is 2.29. The normalized spacial score (nSPS) is 10.9. The zero-order valence-corrected chi connectivity index (χ0v) is 18.2. The molecule has 0 saturated heterocycles. The smallest absolute Gasteiger partial charge is 0.243 e. The molecule has 0 bridgehead atoms. The van der Waals surface area contributed by atoms with Crippen molar-refractivity contribution >= 4 is 23.4 Å². The molecule has 3 aromatic rings. The van der Waals surface area contributed by atoms with E-state index in [2.05, 4.69) is 20.6 Å². The van der Waals surface area contributed by atoms with Gasteiger partial charge in [0.15, 0.2) is 11.0 Å². The van der Waals surface area contributed by atoms with Gasteiger partial charge < -0.3 is 14.6 Å². The van der Waals surface area contributed by atoms with Crippen LogP contribution in [0.2, 0.25) is 0 Å². The molecule has 3 rings (SSSR count). The Balaban J connectivity index is 1.71. The molecule has 1 N–H and O–H groups in total. The molecule has 0 radical (unpaired) electrons. The Kier molecular flexibility index (Phi) is 6.58. The van der Waals surface area contributed by atoms with Crippen LogP contribution in [0.25, 0.3) is 11.4 Å². The van der Waals surface area contributed by atoms with Crippen molar-refractivity contribution in [2.75, 3.05) is 17.7 Å². The van der Waals surface area contributed by atoms with E-state index in [1.54, 1.807) is 4.68 Å². The van der Waals surface area contributed by atoms with E-state index in [1.807, 2.05) is 63.7 Å². The first-order chi connectivity index (χ1) is 13.9. The number of benzene rings is 1. The van der Waals surface area contributed by atoms with Crippen LogP contribution in [0.1, 0.15) is 25.0 Å². The number of rotatable bonds is 8. The van der Waals surface area contributed by atoms with Gasteiger partial charge in [0.2, 0.25) is 11.8 Å². The number of carbonyl (C=O) groups excluding carboxylic acids is 1. The fraction of sp³-hybridized carbons (Fsp3) is 0.400. The van der Waals surface area contributed by atoms with Gasteiger partial charge in [0, 0.05) is 25.5 Å². The number of anilines is 1. The van der Waals surface area contributed by atoms with Crippen LogP contribution in [0.4, 0.5) is 5.69 Å². The number of aryl methyl sites for hydroxylation is 2. The third-order valence-corrected chi connectivity index (χ3v) is 5.64. The number of amides is 1. The quantitative estimate of drug-likeness (QED) is 0.568. The van der Waals surface area contributed by atoms with Crippen LogP contribution in [0.5, 0.6) is 5.88 Å². The van der Waals surface area contributed by atoms with E-state index in [4.69, 9.17) is 4.74 Å². The van der Waals surface area contributed by atoms with Gasteiger partial charge in [-0.25, -0.2) is 0 Å². The lowest BCUT2D eigenvalue weighted by Gasteiger charge is -2.10. The van der Waals surface area contributed by atoms with Crippen LogP contribution in [-0.4, -0.2) is 42.8 Å². The highest BCUT2D eigenvalue weighted by atomic mass is 32.2. The zero-order chi connectivity index (χ0) is 21.0. The van der Waals surface area contributed by atoms with E-state index >= 15 is 0 Å². The Morgan fingerprint density at radius 3 is 2.76 bits per heavy atom. The van der Waals surface area contributed by atoms with Gasteiger partial charge in [-0.3, -0.25) is 9.48 Å². The zero-order valence-electron chi connectivity index (χ0n) is 17.4. The number of hydrogen-bond donors (Lipinski definition) is 1. The van der Waals surface area contributed by atoms with E-state index in [-0.39, 0.29) is 11.7 Å². The molecular weight excluding hydrogens is 388 g/mol. The molecule has 0 aliphatic carbocycles. The number of nitrogens with one attached hydrogen (secondary N) is 1. The van der Waals surface area contributed by atoms with Gasteiger partial charge in [-0.05, 0) is 44.9 Å². The minimum absolute atomic E-state index is 0.0814. The first kappa shape index (κ1) is 20.9. The summed E-state index contributed by atoms with van der Waals surface area (Å²) in [6.07, 6.45) is 1.90. The third-order valence-electron chi connectivity index (χ3n) is 4.62. The summed E-state index contributed by atoms with van der Waals surface area (Å²) in [5, 5.41) is 16.6. The summed E-state index contributed by atoms with van der Waals surface area (Å²) in [6.45, 7) is 9.21. The molecule has 0 atom stereocenters. The summed E-state index contributed by atoms with van der Waals surface area (Å²) < 4.78 is 9.30. The van der Waals surface area contributed by atoms with Crippen LogP contribution in [0, 0.1) is 13.8 Å². The van der Waals surface area contributed by atoms with Crippen LogP contribution in [0.3, 0.4) is 0 Å². The van der Waals surface area contributed by atoms with Gasteiger partial charge in [0.25, 0.3) is 0 Å². The standard InChI is InChI=1S/C20H26N6O2S/c1-6-26-11-15(19(24-26)28-7-2)18-22-23-20(25(18)5)29-12-17(27)21-16-10-8-9-13(3)14(16)4/h8-11H,6-7,12H2,1-5H3,(H,21,27). The van der Waals surface area contributed by atoms with E-state index in [9.17, 15) is 4.79 Å². The Morgan fingerprint density at radius 1 is 1.24 bits per heavy atom. The van der Waals surface area contributed by atoms with Crippen molar-refractivity contribution in [1.29, 1.82) is 0 Å². The molecule has 154 valence electrons. The number of ether oxygens (including phenoxy) is 1. The molecule has 0 unspecified atom stereocenters. The van der Waals surface area contributed by atoms with Crippen molar-refractivity contribution in [3.05, 3.63) is 35.5 Å². The summed E-state index contributed by atoms with van der Waals surface area (Å²) >= 11 is 1.34. The molecule has 8 nitrogen and oxygen atoms in total. The van der Waals surface area contributed by atoms with Gasteiger partial charge in [-0.1, -0.05) is 23.9 Å². The Morgan fingerprint density at radius 2 is 2.03 bits per heavy atom. The lowest BCUT2D eigenvalue weighted by Crippen LogP contribution is -2.15. The third kappa shape index (κ3) is 4.61. The molecular formula is C20H26N6O2S. The molecule has 0 aliphatic heterocycles. The van der Waals surface area contributed by atoms with E-state index in [1.165, 1.54) is 11.8 Å². The molecule has 0 spiro atoms. The Hall–Kier alpha value is -2.81. The molecule has 0 fully saturated rings. The summed E-state index contributed by atoms with van der Waals surface area (Å²) in [7, 11) is 1.87. The summed E-state index contributed by atoms with van der Waals surface area (Å²) in [4.78, 5) is 12.4. The van der Waals surface area contributed by atoms with Crippen molar-refractivity contribution in [2.24, 2.45) is 7.05 Å². The average Bonchev–Trinajstić information content (AvgIpc) is 3.27. The first-order valence-electron chi connectivity index (χ1n) is 9.53. The van der Waals surface area contributed by atoms with Crippen LogP contribution in [-0.2, 0) is 18.4 Å². The highest BCUT2D eigenvalue weighted by Gasteiger charge is 2.19. The van der Waals surface area contributed by atoms with Crippen LogP contribution < -0.4 is 10.1 Å². The number of thioether (sulfide) groups is 1. The van der Waals surface area contributed by atoms with Gasteiger partial charge >= 0.3 is 0 Å². The largest absolute Gasteiger partial charge is 0.476 e. The maximum atomic E-state index is 12.4. The van der Waals surface area contributed by atoms with Crippen molar-refractivity contribution in [3.8, 4) is 17.3 Å². The van der Waals surface area contributed by atoms with Gasteiger partial charge in [-0.2, -0.15) is 0 Å². The highest BCUT2D eigenvalue weighted by molar-refractivity contribution is 7.99. The second-order valence-corrected chi connectivity index (χ2v) is 7.53. The molecule has 29 heavy (non-hydrogen) atoms. The minimum atomic E-state index is -0.0814. The van der Waals surface area contributed by atoms with Crippen molar-refractivity contribution < 1.29 is 9.53 Å².